The van der Waals surface area contributed by atoms with E-state index in [1.165, 1.54) is 4.90 Å². The summed E-state index contributed by atoms with van der Waals surface area (Å²) >= 11 is 0. The van der Waals surface area contributed by atoms with E-state index in [9.17, 15) is 9.36 Å². The summed E-state index contributed by atoms with van der Waals surface area (Å²) in [5, 5.41) is 9.06. The molecule has 0 radical (unpaired) electrons. The zero-order valence-corrected chi connectivity index (χ0v) is 16.4. The number of hydrogen-bond acceptors (Lipinski definition) is 5. The molecule has 1 saturated heterocycles. The van der Waals surface area contributed by atoms with Crippen LogP contribution in [0.15, 0.2) is 60.7 Å². The summed E-state index contributed by atoms with van der Waals surface area (Å²) in [5.41, 5.74) is 1.71. The number of benzene rings is 2. The average Bonchev–Trinajstić information content (AvgIpc) is 2.73. The third-order valence-corrected chi connectivity index (χ3v) is 5.90. The lowest BCUT2D eigenvalue weighted by Crippen LogP contribution is -2.39. The van der Waals surface area contributed by atoms with E-state index in [-0.39, 0.29) is 19.3 Å². The summed E-state index contributed by atoms with van der Waals surface area (Å²) < 4.78 is 30.2. The number of amides is 1. The van der Waals surface area contributed by atoms with E-state index in [2.05, 4.69) is 0 Å². The first-order chi connectivity index (χ1) is 13.5. The van der Waals surface area contributed by atoms with Gasteiger partial charge in [-0.05, 0) is 24.0 Å². The van der Waals surface area contributed by atoms with E-state index in [4.69, 9.17) is 18.7 Å². The van der Waals surface area contributed by atoms with E-state index in [0.29, 0.717) is 25.9 Å². The van der Waals surface area contributed by atoms with Gasteiger partial charge in [0, 0.05) is 13.1 Å². The molecule has 0 bridgehead atoms. The van der Waals surface area contributed by atoms with Gasteiger partial charge in [-0.1, -0.05) is 60.7 Å². The summed E-state index contributed by atoms with van der Waals surface area (Å²) in [7, 11) is -3.83. The van der Waals surface area contributed by atoms with Crippen LogP contribution >= 0.6 is 7.82 Å². The minimum atomic E-state index is -3.83. The molecule has 0 spiro atoms. The van der Waals surface area contributed by atoms with Crippen LogP contribution in [0.3, 0.4) is 0 Å². The molecule has 1 heterocycles. The van der Waals surface area contributed by atoms with Gasteiger partial charge in [0.05, 0.1) is 19.3 Å². The number of carbonyl (C=O) groups is 1. The van der Waals surface area contributed by atoms with Crippen LogP contribution in [0.5, 0.6) is 0 Å². The standard InChI is InChI=1S/C20H24NO6P/c22-20(23)21-13-11-19(12-14-21)27-28(24,25-15-17-7-3-1-4-8-17)26-16-18-9-5-2-6-10-18/h1-10,19H,11-16H2,(H,22,23). The highest BCUT2D eigenvalue weighted by atomic mass is 31.2. The molecule has 1 aliphatic heterocycles. The maximum absolute atomic E-state index is 13.2. The molecule has 150 valence electrons. The van der Waals surface area contributed by atoms with Gasteiger partial charge in [0.25, 0.3) is 0 Å². The van der Waals surface area contributed by atoms with E-state index >= 15 is 0 Å². The maximum atomic E-state index is 13.2. The first kappa shape index (κ1) is 20.6. The van der Waals surface area contributed by atoms with Gasteiger partial charge in [-0.2, -0.15) is 0 Å². The van der Waals surface area contributed by atoms with E-state index < -0.39 is 13.9 Å². The second-order valence-corrected chi connectivity index (χ2v) is 8.16. The number of rotatable bonds is 8. The van der Waals surface area contributed by atoms with Crippen LogP contribution in [0.2, 0.25) is 0 Å². The smallest absolute Gasteiger partial charge is 0.465 e. The van der Waals surface area contributed by atoms with Crippen LogP contribution in [0.25, 0.3) is 0 Å². The SMILES string of the molecule is O=C(O)N1CCC(OP(=O)(OCc2ccccc2)OCc2ccccc2)CC1. The molecule has 1 fully saturated rings. The minimum Gasteiger partial charge on any atom is -0.465 e. The molecule has 1 N–H and O–H groups in total. The molecule has 1 amide bonds. The first-order valence-electron chi connectivity index (χ1n) is 9.17. The van der Waals surface area contributed by atoms with Crippen LogP contribution < -0.4 is 0 Å². The second-order valence-electron chi connectivity index (χ2n) is 6.54. The Hall–Kier alpha value is -2.18. The molecule has 1 aliphatic rings. The van der Waals surface area contributed by atoms with Crippen molar-refractivity contribution in [3.8, 4) is 0 Å². The molecule has 8 heteroatoms. The molecule has 2 aromatic rings. The molecule has 3 rings (SSSR count). The highest BCUT2D eigenvalue weighted by molar-refractivity contribution is 7.48. The van der Waals surface area contributed by atoms with Crippen LogP contribution in [0, 0.1) is 0 Å². The Labute approximate surface area is 164 Å². The summed E-state index contributed by atoms with van der Waals surface area (Å²) in [6.45, 7) is 0.858. The van der Waals surface area contributed by atoms with Crippen molar-refractivity contribution in [2.24, 2.45) is 0 Å². The quantitative estimate of drug-likeness (QED) is 0.642. The molecule has 2 aromatic carbocycles. The maximum Gasteiger partial charge on any atom is 0.475 e. The van der Waals surface area contributed by atoms with Gasteiger partial charge in [0.1, 0.15) is 0 Å². The highest BCUT2D eigenvalue weighted by Crippen LogP contribution is 2.53. The number of phosphoric acid groups is 1. The van der Waals surface area contributed by atoms with Gasteiger partial charge in [-0.3, -0.25) is 13.6 Å². The van der Waals surface area contributed by atoms with Gasteiger partial charge < -0.3 is 10.0 Å². The average molecular weight is 405 g/mol. The number of nitrogens with zero attached hydrogens (tertiary/aromatic N) is 1. The summed E-state index contributed by atoms with van der Waals surface area (Å²) in [5.74, 6) is 0. The third-order valence-electron chi connectivity index (χ3n) is 4.45. The van der Waals surface area contributed by atoms with Crippen molar-refractivity contribution in [3.63, 3.8) is 0 Å². The van der Waals surface area contributed by atoms with E-state index in [0.717, 1.165) is 11.1 Å². The topological polar surface area (TPSA) is 85.3 Å². The zero-order valence-electron chi connectivity index (χ0n) is 15.5. The molecule has 7 nitrogen and oxygen atoms in total. The summed E-state index contributed by atoms with van der Waals surface area (Å²) in [4.78, 5) is 12.4. The van der Waals surface area contributed by atoms with Crippen molar-refractivity contribution in [2.75, 3.05) is 13.1 Å². The van der Waals surface area contributed by atoms with E-state index in [1.54, 1.807) is 0 Å². The van der Waals surface area contributed by atoms with Gasteiger partial charge >= 0.3 is 13.9 Å². The molecule has 0 saturated carbocycles. The van der Waals surface area contributed by atoms with Crippen LogP contribution in [0.4, 0.5) is 4.79 Å². The fourth-order valence-corrected chi connectivity index (χ4v) is 4.28. The Morgan fingerprint density at radius 2 is 1.39 bits per heavy atom. The Morgan fingerprint density at radius 1 is 0.929 bits per heavy atom. The summed E-state index contributed by atoms with van der Waals surface area (Å²) in [6.07, 6.45) is -0.449. The van der Waals surface area contributed by atoms with Crippen molar-refractivity contribution in [1.82, 2.24) is 4.90 Å². The lowest BCUT2D eigenvalue weighted by atomic mass is 10.1. The van der Waals surface area contributed by atoms with Gasteiger partial charge in [0.2, 0.25) is 0 Å². The molecule has 0 aromatic heterocycles. The first-order valence-corrected chi connectivity index (χ1v) is 10.6. The Balaban J connectivity index is 1.63. The van der Waals surface area contributed by atoms with Crippen molar-refractivity contribution in [1.29, 1.82) is 0 Å². The fraction of sp³-hybridized carbons (Fsp3) is 0.350. The van der Waals surface area contributed by atoms with Crippen LogP contribution in [-0.2, 0) is 31.4 Å². The van der Waals surface area contributed by atoms with Crippen molar-refractivity contribution in [2.45, 2.75) is 32.2 Å². The van der Waals surface area contributed by atoms with Crippen LogP contribution in [0.1, 0.15) is 24.0 Å². The molecule has 0 atom stereocenters. The van der Waals surface area contributed by atoms with Gasteiger partial charge in [-0.25, -0.2) is 9.36 Å². The highest BCUT2D eigenvalue weighted by Gasteiger charge is 2.33. The molecular weight excluding hydrogens is 381 g/mol. The lowest BCUT2D eigenvalue weighted by molar-refractivity contribution is 0.0392. The minimum absolute atomic E-state index is 0.0981. The number of hydrogen-bond donors (Lipinski definition) is 1. The predicted octanol–water partition coefficient (Wildman–Crippen LogP) is 4.69. The molecule has 28 heavy (non-hydrogen) atoms. The van der Waals surface area contributed by atoms with Crippen molar-refractivity contribution in [3.05, 3.63) is 71.8 Å². The van der Waals surface area contributed by atoms with Gasteiger partial charge in [-0.15, -0.1) is 0 Å². The number of piperidine rings is 1. The monoisotopic (exact) mass is 405 g/mol. The second kappa shape index (κ2) is 9.85. The normalized spacial score (nSPS) is 15.5. The summed E-state index contributed by atoms with van der Waals surface area (Å²) in [6, 6.07) is 18.7. The molecular formula is C20H24NO6P. The van der Waals surface area contributed by atoms with E-state index in [1.807, 2.05) is 60.7 Å². The zero-order chi connectivity index (χ0) is 19.8. The Morgan fingerprint density at radius 3 is 1.82 bits per heavy atom. The van der Waals surface area contributed by atoms with Crippen LogP contribution in [-0.4, -0.2) is 35.3 Å². The predicted molar refractivity (Wildman–Crippen MR) is 104 cm³/mol. The third kappa shape index (κ3) is 6.17. The van der Waals surface area contributed by atoms with Crippen molar-refractivity contribution >= 4 is 13.9 Å². The molecule has 0 aliphatic carbocycles. The number of carboxylic acid groups (broad SMARTS) is 1. The fourth-order valence-electron chi connectivity index (χ4n) is 2.89. The Kier molecular flexibility index (Phi) is 7.23. The number of phosphoric ester groups is 1. The number of likely N-dealkylation sites (tertiary alicyclic amines) is 1. The molecule has 0 unspecified atom stereocenters. The lowest BCUT2D eigenvalue weighted by Gasteiger charge is -2.31. The largest absolute Gasteiger partial charge is 0.475 e. The Bertz CT molecular complexity index is 745. The van der Waals surface area contributed by atoms with Gasteiger partial charge in [0.15, 0.2) is 0 Å². The van der Waals surface area contributed by atoms with Crippen molar-refractivity contribution < 1.29 is 28.0 Å².